The maximum Gasteiger partial charge on any atom is 0.145 e. The first kappa shape index (κ1) is 14.1. The van der Waals surface area contributed by atoms with E-state index in [0.29, 0.717) is 0 Å². The lowest BCUT2D eigenvalue weighted by Crippen LogP contribution is -2.46. The highest BCUT2D eigenvalue weighted by atomic mass is 16.5. The number of aromatic nitrogens is 1. The first-order valence-electron chi connectivity index (χ1n) is 7.32. The van der Waals surface area contributed by atoms with Crippen molar-refractivity contribution in [3.8, 4) is 5.75 Å². The molecule has 1 saturated heterocycles. The number of piperazine rings is 1. The molecule has 2 aromatic rings. The number of hydrogen-bond donors (Lipinski definition) is 1. The van der Waals surface area contributed by atoms with Crippen LogP contribution in [0, 0.1) is 6.92 Å². The van der Waals surface area contributed by atoms with Gasteiger partial charge >= 0.3 is 0 Å². The summed E-state index contributed by atoms with van der Waals surface area (Å²) >= 11 is 0. The van der Waals surface area contributed by atoms with Crippen LogP contribution in [0.15, 0.2) is 24.3 Å². The van der Waals surface area contributed by atoms with Crippen LogP contribution in [0.25, 0.3) is 10.9 Å². The zero-order chi connectivity index (χ0) is 14.8. The van der Waals surface area contributed by atoms with Gasteiger partial charge in [-0.2, -0.15) is 0 Å². The van der Waals surface area contributed by atoms with Gasteiger partial charge in [0.1, 0.15) is 11.3 Å². The Morgan fingerprint density at radius 2 is 1.95 bits per heavy atom. The van der Waals surface area contributed by atoms with Gasteiger partial charge in [-0.05, 0) is 26.1 Å². The summed E-state index contributed by atoms with van der Waals surface area (Å²) in [5.74, 6) is 0.817. The summed E-state index contributed by atoms with van der Waals surface area (Å²) in [5, 5.41) is 3.37. The molecule has 0 aliphatic carbocycles. The average molecular weight is 286 g/mol. The van der Waals surface area contributed by atoms with Crippen LogP contribution in [-0.2, 0) is 0 Å². The molecule has 0 atom stereocenters. The van der Waals surface area contributed by atoms with Crippen LogP contribution in [-0.4, -0.2) is 55.2 Å². The zero-order valence-electron chi connectivity index (χ0n) is 12.9. The lowest BCUT2D eigenvalue weighted by atomic mass is 10.1. The molecule has 0 spiro atoms. The Kier molecular flexibility index (Phi) is 3.94. The van der Waals surface area contributed by atoms with Gasteiger partial charge in [0, 0.05) is 37.3 Å². The van der Waals surface area contributed by atoms with Crippen molar-refractivity contribution in [1.82, 2.24) is 14.9 Å². The zero-order valence-corrected chi connectivity index (χ0v) is 12.9. The van der Waals surface area contributed by atoms with Crippen molar-refractivity contribution in [2.75, 3.05) is 45.8 Å². The van der Waals surface area contributed by atoms with Crippen LogP contribution in [0.3, 0.4) is 0 Å². The summed E-state index contributed by atoms with van der Waals surface area (Å²) < 4.78 is 5.43. The number of fused-ring (bicyclic) bond motifs is 1. The van der Waals surface area contributed by atoms with E-state index in [0.717, 1.165) is 54.2 Å². The molecule has 0 bridgehead atoms. The number of ether oxygens (including phenoxy) is 1. The molecule has 1 N–H and O–H groups in total. The van der Waals surface area contributed by atoms with Gasteiger partial charge in [0.15, 0.2) is 0 Å². The molecule has 1 aliphatic rings. The van der Waals surface area contributed by atoms with Crippen LogP contribution < -0.4 is 10.2 Å². The maximum absolute atomic E-state index is 5.43. The molecule has 3 rings (SSSR count). The van der Waals surface area contributed by atoms with Gasteiger partial charge in [0.25, 0.3) is 0 Å². The topological polar surface area (TPSA) is 40.6 Å². The lowest BCUT2D eigenvalue weighted by Gasteiger charge is -2.33. The molecular weight excluding hydrogens is 264 g/mol. The van der Waals surface area contributed by atoms with E-state index in [-0.39, 0.29) is 0 Å². The highest BCUT2D eigenvalue weighted by Crippen LogP contribution is 2.30. The van der Waals surface area contributed by atoms with Crippen LogP contribution in [0.2, 0.25) is 0 Å². The van der Waals surface area contributed by atoms with E-state index in [2.05, 4.69) is 39.5 Å². The van der Waals surface area contributed by atoms with Gasteiger partial charge in [-0.15, -0.1) is 0 Å². The number of pyridine rings is 1. The SMILES string of the molecule is COc1cccc2c(NN3CCN(C)CC3)cc(C)nc12. The summed E-state index contributed by atoms with van der Waals surface area (Å²) in [6.07, 6.45) is 0. The number of nitrogens with one attached hydrogen (secondary N) is 1. The minimum absolute atomic E-state index is 0.817. The predicted molar refractivity (Wildman–Crippen MR) is 85.7 cm³/mol. The standard InChI is InChI=1S/C16H22N4O/c1-12-11-14(18-20-9-7-19(2)8-10-20)13-5-4-6-15(21-3)16(13)17-12/h4-6,11H,7-10H2,1-3H3,(H,17,18). The molecule has 0 saturated carbocycles. The van der Waals surface area contributed by atoms with Crippen LogP contribution in [0.5, 0.6) is 5.75 Å². The number of likely N-dealkylation sites (N-methyl/N-ethyl adjacent to an activating group) is 1. The quantitative estimate of drug-likeness (QED) is 0.936. The van der Waals surface area contributed by atoms with Crippen molar-refractivity contribution in [2.24, 2.45) is 0 Å². The van der Waals surface area contributed by atoms with Crippen LogP contribution >= 0.6 is 0 Å². The van der Waals surface area contributed by atoms with Gasteiger partial charge < -0.3 is 15.1 Å². The number of rotatable bonds is 3. The van der Waals surface area contributed by atoms with Crippen molar-refractivity contribution in [1.29, 1.82) is 0 Å². The van der Waals surface area contributed by atoms with Gasteiger partial charge in [-0.3, -0.25) is 0 Å². The molecule has 112 valence electrons. The number of nitrogens with zero attached hydrogens (tertiary/aromatic N) is 3. The average Bonchev–Trinajstić information content (AvgIpc) is 2.49. The molecule has 1 aromatic carbocycles. The number of hydrogen-bond acceptors (Lipinski definition) is 5. The smallest absolute Gasteiger partial charge is 0.145 e. The Balaban J connectivity index is 1.94. The van der Waals surface area contributed by atoms with Gasteiger partial charge in [-0.1, -0.05) is 12.1 Å². The fourth-order valence-electron chi connectivity index (χ4n) is 2.70. The molecule has 1 fully saturated rings. The molecule has 2 heterocycles. The molecule has 0 unspecified atom stereocenters. The number of anilines is 1. The van der Waals surface area contributed by atoms with E-state index in [1.807, 2.05) is 19.1 Å². The highest BCUT2D eigenvalue weighted by molar-refractivity contribution is 5.94. The largest absolute Gasteiger partial charge is 0.494 e. The Morgan fingerprint density at radius 1 is 1.19 bits per heavy atom. The van der Waals surface area contributed by atoms with E-state index in [1.54, 1.807) is 7.11 Å². The van der Waals surface area contributed by atoms with E-state index in [9.17, 15) is 0 Å². The van der Waals surface area contributed by atoms with Gasteiger partial charge in [-0.25, -0.2) is 9.99 Å². The Morgan fingerprint density at radius 3 is 2.67 bits per heavy atom. The van der Waals surface area contributed by atoms with E-state index in [4.69, 9.17) is 4.74 Å². The molecule has 1 aliphatic heterocycles. The highest BCUT2D eigenvalue weighted by Gasteiger charge is 2.15. The molecule has 0 radical (unpaired) electrons. The van der Waals surface area contributed by atoms with Crippen molar-refractivity contribution >= 4 is 16.6 Å². The van der Waals surface area contributed by atoms with E-state index < -0.39 is 0 Å². The molecular formula is C16H22N4O. The van der Waals surface area contributed by atoms with E-state index in [1.165, 1.54) is 0 Å². The van der Waals surface area contributed by atoms with Crippen LogP contribution in [0.4, 0.5) is 5.69 Å². The third kappa shape index (κ3) is 2.94. The number of methoxy groups -OCH3 is 1. The summed E-state index contributed by atoms with van der Waals surface area (Å²) in [7, 11) is 3.85. The molecule has 0 amide bonds. The summed E-state index contributed by atoms with van der Waals surface area (Å²) in [4.78, 5) is 6.96. The summed E-state index contributed by atoms with van der Waals surface area (Å²) in [6.45, 7) is 6.21. The second-order valence-electron chi connectivity index (χ2n) is 5.57. The predicted octanol–water partition coefficient (Wildman–Crippen LogP) is 2.13. The molecule has 5 heteroatoms. The second kappa shape index (κ2) is 5.87. The Bertz CT molecular complexity index is 635. The van der Waals surface area contributed by atoms with Crippen LogP contribution in [0.1, 0.15) is 5.69 Å². The second-order valence-corrected chi connectivity index (χ2v) is 5.57. The number of hydrazine groups is 1. The summed E-state index contributed by atoms with van der Waals surface area (Å²) in [6, 6.07) is 8.14. The number of para-hydroxylation sites is 1. The third-order valence-electron chi connectivity index (χ3n) is 3.93. The molecule has 21 heavy (non-hydrogen) atoms. The third-order valence-corrected chi connectivity index (χ3v) is 3.93. The lowest BCUT2D eigenvalue weighted by molar-refractivity contribution is 0.179. The minimum atomic E-state index is 0.817. The normalized spacial score (nSPS) is 17.1. The number of benzene rings is 1. The van der Waals surface area contributed by atoms with Crippen molar-refractivity contribution in [2.45, 2.75) is 6.92 Å². The minimum Gasteiger partial charge on any atom is -0.494 e. The number of aryl methyl sites for hydroxylation is 1. The van der Waals surface area contributed by atoms with Crippen molar-refractivity contribution < 1.29 is 4.74 Å². The Hall–Kier alpha value is -1.85. The molecule has 1 aromatic heterocycles. The van der Waals surface area contributed by atoms with E-state index >= 15 is 0 Å². The first-order valence-corrected chi connectivity index (χ1v) is 7.32. The first-order chi connectivity index (χ1) is 10.2. The summed E-state index contributed by atoms with van der Waals surface area (Å²) in [5.41, 5.74) is 6.55. The fraction of sp³-hybridized carbons (Fsp3) is 0.438. The van der Waals surface area contributed by atoms with Gasteiger partial charge in [0.2, 0.25) is 0 Å². The molecule has 5 nitrogen and oxygen atoms in total. The maximum atomic E-state index is 5.43. The Labute approximate surface area is 125 Å². The van der Waals surface area contributed by atoms with Crippen molar-refractivity contribution in [3.05, 3.63) is 30.0 Å². The van der Waals surface area contributed by atoms with Crippen molar-refractivity contribution in [3.63, 3.8) is 0 Å². The van der Waals surface area contributed by atoms with Gasteiger partial charge in [0.05, 0.1) is 12.8 Å². The monoisotopic (exact) mass is 286 g/mol. The fourth-order valence-corrected chi connectivity index (χ4v) is 2.70.